The Bertz CT molecular complexity index is 692. The van der Waals surface area contributed by atoms with Crippen LogP contribution in [0, 0.1) is 0 Å². The first kappa shape index (κ1) is 18.2. The molecular weight excluding hydrogens is 368 g/mol. The third kappa shape index (κ3) is 4.93. The van der Waals surface area contributed by atoms with Crippen molar-refractivity contribution in [2.75, 3.05) is 18.4 Å². The molecule has 5 heteroatoms. The van der Waals surface area contributed by atoms with Crippen LogP contribution >= 0.6 is 15.9 Å². The molecule has 0 aliphatic carbocycles. The van der Waals surface area contributed by atoms with E-state index in [1.54, 1.807) is 29.2 Å². The minimum absolute atomic E-state index is 0.00717. The maximum absolute atomic E-state index is 12.2. The summed E-state index contributed by atoms with van der Waals surface area (Å²) in [5, 5.41) is 2.85. The molecule has 0 aliphatic heterocycles. The van der Waals surface area contributed by atoms with E-state index in [0.29, 0.717) is 30.8 Å². The zero-order valence-corrected chi connectivity index (χ0v) is 15.5. The van der Waals surface area contributed by atoms with Gasteiger partial charge in [-0.3, -0.25) is 9.59 Å². The van der Waals surface area contributed by atoms with Crippen molar-refractivity contribution in [3.63, 3.8) is 0 Å². The van der Waals surface area contributed by atoms with Crippen molar-refractivity contribution in [1.29, 1.82) is 0 Å². The van der Waals surface area contributed by atoms with Crippen molar-refractivity contribution in [1.82, 2.24) is 4.90 Å². The third-order valence-electron chi connectivity index (χ3n) is 3.74. The average Bonchev–Trinajstić information content (AvgIpc) is 2.58. The van der Waals surface area contributed by atoms with Gasteiger partial charge in [0.25, 0.3) is 5.91 Å². The number of hydrogen-bond donors (Lipinski definition) is 1. The summed E-state index contributed by atoms with van der Waals surface area (Å²) in [5.74, 6) is -0.0760. The lowest BCUT2D eigenvalue weighted by molar-refractivity contribution is -0.115. The number of carbonyl (C=O) groups excluding carboxylic acids is 2. The lowest BCUT2D eigenvalue weighted by Crippen LogP contribution is -2.30. The Morgan fingerprint density at radius 1 is 0.958 bits per heavy atom. The van der Waals surface area contributed by atoms with E-state index in [2.05, 4.69) is 21.2 Å². The number of nitrogens with zero attached hydrogens (tertiary/aromatic N) is 1. The summed E-state index contributed by atoms with van der Waals surface area (Å²) >= 11 is 3.37. The molecule has 0 aromatic heterocycles. The predicted octanol–water partition coefficient (Wildman–Crippen LogP) is 4.11. The quantitative estimate of drug-likeness (QED) is 0.808. The fourth-order valence-corrected chi connectivity index (χ4v) is 2.65. The van der Waals surface area contributed by atoms with Crippen LogP contribution in [0.5, 0.6) is 0 Å². The number of hydrogen-bond acceptors (Lipinski definition) is 2. The van der Waals surface area contributed by atoms with Crippen LogP contribution in [0.2, 0.25) is 0 Å². The largest absolute Gasteiger partial charge is 0.339 e. The van der Waals surface area contributed by atoms with E-state index in [-0.39, 0.29) is 11.8 Å². The molecule has 0 fully saturated rings. The molecule has 2 amide bonds. The smallest absolute Gasteiger partial charge is 0.253 e. The Balaban J connectivity index is 1.97. The maximum Gasteiger partial charge on any atom is 0.253 e. The second kappa shape index (κ2) is 8.64. The van der Waals surface area contributed by atoms with E-state index in [9.17, 15) is 9.59 Å². The molecule has 0 saturated heterocycles. The zero-order chi connectivity index (χ0) is 17.5. The summed E-state index contributed by atoms with van der Waals surface area (Å²) < 4.78 is 0.986. The number of carbonyl (C=O) groups is 2. The Labute approximate surface area is 151 Å². The molecule has 1 N–H and O–H groups in total. The summed E-state index contributed by atoms with van der Waals surface area (Å²) in [7, 11) is 0. The minimum atomic E-state index is -0.0832. The number of benzene rings is 2. The molecule has 126 valence electrons. The van der Waals surface area contributed by atoms with Gasteiger partial charge in [0.1, 0.15) is 0 Å². The number of rotatable bonds is 6. The van der Waals surface area contributed by atoms with Gasteiger partial charge < -0.3 is 10.2 Å². The van der Waals surface area contributed by atoms with E-state index in [1.165, 1.54) is 0 Å². The maximum atomic E-state index is 12.2. The SMILES string of the molecule is CCN(CC)C(=O)c1ccc(NC(=O)Cc2ccc(Br)cc2)cc1. The van der Waals surface area contributed by atoms with E-state index in [0.717, 1.165) is 10.0 Å². The minimum Gasteiger partial charge on any atom is -0.339 e. The summed E-state index contributed by atoms with van der Waals surface area (Å²) in [6.45, 7) is 5.28. The van der Waals surface area contributed by atoms with Crippen LogP contribution in [0.25, 0.3) is 0 Å². The van der Waals surface area contributed by atoms with Crippen LogP contribution in [-0.2, 0) is 11.2 Å². The highest BCUT2D eigenvalue weighted by molar-refractivity contribution is 9.10. The van der Waals surface area contributed by atoms with Gasteiger partial charge in [0.2, 0.25) is 5.91 Å². The Kier molecular flexibility index (Phi) is 6.55. The molecule has 0 aliphatic rings. The van der Waals surface area contributed by atoms with Crippen LogP contribution in [-0.4, -0.2) is 29.8 Å². The van der Waals surface area contributed by atoms with Crippen molar-refractivity contribution < 1.29 is 9.59 Å². The molecule has 2 aromatic rings. The first-order valence-electron chi connectivity index (χ1n) is 7.97. The van der Waals surface area contributed by atoms with E-state index in [4.69, 9.17) is 0 Å². The molecule has 2 aromatic carbocycles. The number of anilines is 1. The summed E-state index contributed by atoms with van der Waals surface area (Å²) in [5.41, 5.74) is 2.27. The second-order valence-corrected chi connectivity index (χ2v) is 6.32. The van der Waals surface area contributed by atoms with Gasteiger partial charge in [0, 0.05) is 28.8 Å². The highest BCUT2D eigenvalue weighted by Gasteiger charge is 2.12. The van der Waals surface area contributed by atoms with Crippen molar-refractivity contribution in [3.05, 3.63) is 64.1 Å². The lowest BCUT2D eigenvalue weighted by Gasteiger charge is -2.18. The average molecular weight is 389 g/mol. The van der Waals surface area contributed by atoms with Crippen molar-refractivity contribution >= 4 is 33.4 Å². The Morgan fingerprint density at radius 3 is 2.08 bits per heavy atom. The van der Waals surface area contributed by atoms with Crippen LogP contribution in [0.4, 0.5) is 5.69 Å². The predicted molar refractivity (Wildman–Crippen MR) is 100 cm³/mol. The number of amides is 2. The molecular formula is C19H21BrN2O2. The summed E-state index contributed by atoms with van der Waals surface area (Å²) in [6, 6.07) is 14.7. The molecule has 0 spiro atoms. The van der Waals surface area contributed by atoms with Gasteiger partial charge in [-0.1, -0.05) is 28.1 Å². The van der Waals surface area contributed by atoms with E-state index in [1.807, 2.05) is 38.1 Å². The van der Waals surface area contributed by atoms with Crippen LogP contribution < -0.4 is 5.32 Å². The van der Waals surface area contributed by atoms with Crippen molar-refractivity contribution in [2.24, 2.45) is 0 Å². The number of halogens is 1. The van der Waals surface area contributed by atoms with Gasteiger partial charge in [-0.05, 0) is 55.8 Å². The molecule has 0 radical (unpaired) electrons. The van der Waals surface area contributed by atoms with Gasteiger partial charge in [-0.2, -0.15) is 0 Å². The second-order valence-electron chi connectivity index (χ2n) is 5.41. The van der Waals surface area contributed by atoms with Gasteiger partial charge in [0.15, 0.2) is 0 Å². The molecule has 2 rings (SSSR count). The van der Waals surface area contributed by atoms with Gasteiger partial charge >= 0.3 is 0 Å². The summed E-state index contributed by atoms with van der Waals surface area (Å²) in [6.07, 6.45) is 0.313. The zero-order valence-electron chi connectivity index (χ0n) is 13.9. The highest BCUT2D eigenvalue weighted by Crippen LogP contribution is 2.14. The topological polar surface area (TPSA) is 49.4 Å². The van der Waals surface area contributed by atoms with Crippen LogP contribution in [0.15, 0.2) is 53.0 Å². The molecule has 0 bridgehead atoms. The van der Waals surface area contributed by atoms with E-state index >= 15 is 0 Å². The fourth-order valence-electron chi connectivity index (χ4n) is 2.38. The Hall–Kier alpha value is -2.14. The van der Waals surface area contributed by atoms with Crippen molar-refractivity contribution in [3.8, 4) is 0 Å². The first-order valence-corrected chi connectivity index (χ1v) is 8.76. The Morgan fingerprint density at radius 2 is 1.54 bits per heavy atom. The highest BCUT2D eigenvalue weighted by atomic mass is 79.9. The standard InChI is InChI=1S/C19H21BrN2O2/c1-3-22(4-2)19(24)15-7-11-17(12-8-15)21-18(23)13-14-5-9-16(20)10-6-14/h5-12H,3-4,13H2,1-2H3,(H,21,23). The molecule has 4 nitrogen and oxygen atoms in total. The number of nitrogens with one attached hydrogen (secondary N) is 1. The normalized spacial score (nSPS) is 10.3. The van der Waals surface area contributed by atoms with Gasteiger partial charge in [-0.15, -0.1) is 0 Å². The molecule has 0 heterocycles. The molecule has 0 unspecified atom stereocenters. The van der Waals surface area contributed by atoms with Crippen LogP contribution in [0.3, 0.4) is 0 Å². The molecule has 0 saturated carbocycles. The lowest BCUT2D eigenvalue weighted by atomic mass is 10.1. The van der Waals surface area contributed by atoms with Crippen molar-refractivity contribution in [2.45, 2.75) is 20.3 Å². The summed E-state index contributed by atoms with van der Waals surface area (Å²) in [4.78, 5) is 26.1. The van der Waals surface area contributed by atoms with Gasteiger partial charge in [-0.25, -0.2) is 0 Å². The fraction of sp³-hybridized carbons (Fsp3) is 0.263. The monoisotopic (exact) mass is 388 g/mol. The van der Waals surface area contributed by atoms with Crippen LogP contribution in [0.1, 0.15) is 29.8 Å². The third-order valence-corrected chi connectivity index (χ3v) is 4.27. The van der Waals surface area contributed by atoms with E-state index < -0.39 is 0 Å². The molecule has 24 heavy (non-hydrogen) atoms. The first-order chi connectivity index (χ1) is 11.5. The van der Waals surface area contributed by atoms with Gasteiger partial charge in [0.05, 0.1) is 6.42 Å². The molecule has 0 atom stereocenters.